The summed E-state index contributed by atoms with van der Waals surface area (Å²) < 4.78 is 10.6. The Balaban J connectivity index is 1.33. The maximum Gasteiger partial charge on any atom is 0.325 e. The van der Waals surface area contributed by atoms with Gasteiger partial charge in [-0.05, 0) is 36.2 Å². The molecular weight excluding hydrogens is 364 g/mol. The zero-order valence-electron chi connectivity index (χ0n) is 14.9. The van der Waals surface area contributed by atoms with Crippen LogP contribution >= 0.6 is 0 Å². The second kappa shape index (κ2) is 7.55. The van der Waals surface area contributed by atoms with Crippen molar-refractivity contribution in [3.8, 4) is 11.5 Å². The number of carbonyl (C=O) groups is 3. The number of urea groups is 1. The minimum Gasteiger partial charge on any atom is -0.454 e. The Morgan fingerprint density at radius 1 is 1.18 bits per heavy atom. The SMILES string of the molecule is O=C(CC[C@@H]1NC(=O)N(Cc2ccc3c(c2)OCO3)C1=O)Nc1ccncc1. The maximum absolute atomic E-state index is 12.6. The molecule has 1 saturated heterocycles. The highest BCUT2D eigenvalue weighted by atomic mass is 16.7. The standard InChI is InChI=1S/C19H18N4O5/c24-17(21-13-5-7-20-8-6-13)4-2-14-18(25)23(19(26)22-14)10-12-1-3-15-16(9-12)28-11-27-15/h1,3,5-9,14H,2,4,10-11H2,(H,22,26)(H,20,21,24)/t14-/m0/s1. The smallest absolute Gasteiger partial charge is 0.325 e. The summed E-state index contributed by atoms with van der Waals surface area (Å²) in [6.07, 6.45) is 3.48. The zero-order chi connectivity index (χ0) is 19.5. The second-order valence-electron chi connectivity index (χ2n) is 6.44. The number of amides is 4. The number of imide groups is 1. The monoisotopic (exact) mass is 382 g/mol. The molecule has 2 N–H and O–H groups in total. The van der Waals surface area contributed by atoms with E-state index in [2.05, 4.69) is 15.6 Å². The number of nitrogens with one attached hydrogen (secondary N) is 2. The largest absolute Gasteiger partial charge is 0.454 e. The molecule has 28 heavy (non-hydrogen) atoms. The number of pyridine rings is 1. The van der Waals surface area contributed by atoms with Gasteiger partial charge in [0.15, 0.2) is 11.5 Å². The van der Waals surface area contributed by atoms with E-state index in [4.69, 9.17) is 9.47 Å². The van der Waals surface area contributed by atoms with E-state index in [1.807, 2.05) is 0 Å². The topological polar surface area (TPSA) is 110 Å². The zero-order valence-corrected chi connectivity index (χ0v) is 14.9. The van der Waals surface area contributed by atoms with E-state index in [1.165, 1.54) is 0 Å². The average molecular weight is 382 g/mol. The normalized spacial score (nSPS) is 17.6. The first-order valence-electron chi connectivity index (χ1n) is 8.80. The lowest BCUT2D eigenvalue weighted by Gasteiger charge is -2.13. The van der Waals surface area contributed by atoms with Crippen molar-refractivity contribution in [3.05, 3.63) is 48.3 Å². The predicted molar refractivity (Wildman–Crippen MR) is 97.5 cm³/mol. The van der Waals surface area contributed by atoms with Crippen molar-refractivity contribution in [1.82, 2.24) is 15.2 Å². The summed E-state index contributed by atoms with van der Waals surface area (Å²) in [5.74, 6) is 0.648. The first-order valence-corrected chi connectivity index (χ1v) is 8.80. The molecule has 1 fully saturated rings. The fraction of sp³-hybridized carbons (Fsp3) is 0.263. The molecule has 4 amide bonds. The lowest BCUT2D eigenvalue weighted by atomic mass is 10.1. The number of ether oxygens (including phenoxy) is 2. The summed E-state index contributed by atoms with van der Waals surface area (Å²) in [4.78, 5) is 41.8. The third-order valence-corrected chi connectivity index (χ3v) is 4.51. The van der Waals surface area contributed by atoms with Gasteiger partial charge in [-0.1, -0.05) is 6.07 Å². The fourth-order valence-corrected chi connectivity index (χ4v) is 3.08. The molecule has 0 bridgehead atoms. The minimum atomic E-state index is -0.718. The molecule has 4 rings (SSSR count). The van der Waals surface area contributed by atoms with Gasteiger partial charge >= 0.3 is 6.03 Å². The lowest BCUT2D eigenvalue weighted by Crippen LogP contribution is -2.31. The van der Waals surface area contributed by atoms with Crippen molar-refractivity contribution in [2.45, 2.75) is 25.4 Å². The van der Waals surface area contributed by atoms with Gasteiger partial charge in [-0.2, -0.15) is 0 Å². The summed E-state index contributed by atoms with van der Waals surface area (Å²) >= 11 is 0. The van der Waals surface area contributed by atoms with Crippen molar-refractivity contribution in [3.63, 3.8) is 0 Å². The van der Waals surface area contributed by atoms with Crippen molar-refractivity contribution in [2.75, 3.05) is 12.1 Å². The maximum atomic E-state index is 12.6. The van der Waals surface area contributed by atoms with Crippen LogP contribution in [0.2, 0.25) is 0 Å². The van der Waals surface area contributed by atoms with Crippen LogP contribution in [0.15, 0.2) is 42.7 Å². The average Bonchev–Trinajstić information content (AvgIpc) is 3.26. The van der Waals surface area contributed by atoms with Crippen LogP contribution in [0.25, 0.3) is 0 Å². The van der Waals surface area contributed by atoms with E-state index in [1.54, 1.807) is 42.7 Å². The molecule has 3 heterocycles. The quantitative estimate of drug-likeness (QED) is 0.735. The number of aromatic nitrogens is 1. The Morgan fingerprint density at radius 2 is 1.96 bits per heavy atom. The first-order chi connectivity index (χ1) is 13.6. The molecular formula is C19H18N4O5. The van der Waals surface area contributed by atoms with Gasteiger partial charge in [0.05, 0.1) is 6.54 Å². The van der Waals surface area contributed by atoms with Gasteiger partial charge in [-0.15, -0.1) is 0 Å². The highest BCUT2D eigenvalue weighted by Crippen LogP contribution is 2.33. The summed E-state index contributed by atoms with van der Waals surface area (Å²) in [5, 5.41) is 5.36. The minimum absolute atomic E-state index is 0.108. The molecule has 0 unspecified atom stereocenters. The van der Waals surface area contributed by atoms with Crippen molar-refractivity contribution in [1.29, 1.82) is 0 Å². The van der Waals surface area contributed by atoms with Crippen LogP contribution in [0.4, 0.5) is 10.5 Å². The Kier molecular flexibility index (Phi) is 4.79. The Labute approximate surface area is 160 Å². The fourth-order valence-electron chi connectivity index (χ4n) is 3.08. The van der Waals surface area contributed by atoms with Crippen LogP contribution < -0.4 is 20.1 Å². The molecule has 9 heteroatoms. The van der Waals surface area contributed by atoms with E-state index in [-0.39, 0.29) is 38.0 Å². The molecule has 1 atom stereocenters. The van der Waals surface area contributed by atoms with Gasteiger partial charge in [0.1, 0.15) is 6.04 Å². The Hall–Kier alpha value is -3.62. The number of carbonyl (C=O) groups excluding carboxylic acids is 3. The number of hydrogen-bond donors (Lipinski definition) is 2. The van der Waals surface area contributed by atoms with E-state index in [0.717, 1.165) is 10.5 Å². The number of fused-ring (bicyclic) bond motifs is 1. The summed E-state index contributed by atoms with van der Waals surface area (Å²) in [6, 6.07) is 7.44. The van der Waals surface area contributed by atoms with Crippen LogP contribution in [-0.2, 0) is 16.1 Å². The molecule has 2 aliphatic rings. The van der Waals surface area contributed by atoms with Gasteiger partial charge in [0.25, 0.3) is 5.91 Å². The number of rotatable bonds is 6. The third-order valence-electron chi connectivity index (χ3n) is 4.51. The molecule has 1 aromatic heterocycles. The summed E-state index contributed by atoms with van der Waals surface area (Å²) in [7, 11) is 0. The second-order valence-corrected chi connectivity index (χ2v) is 6.44. The van der Waals surface area contributed by atoms with Gasteiger partial charge in [0, 0.05) is 24.5 Å². The summed E-state index contributed by atoms with van der Waals surface area (Å²) in [5.41, 5.74) is 1.38. The predicted octanol–water partition coefficient (Wildman–Crippen LogP) is 1.65. The van der Waals surface area contributed by atoms with E-state index < -0.39 is 12.1 Å². The number of nitrogens with zero attached hydrogens (tertiary/aromatic N) is 2. The molecule has 0 radical (unpaired) electrons. The first kappa shape index (κ1) is 17.8. The highest BCUT2D eigenvalue weighted by Gasteiger charge is 2.38. The molecule has 0 spiro atoms. The van der Waals surface area contributed by atoms with E-state index in [9.17, 15) is 14.4 Å². The lowest BCUT2D eigenvalue weighted by molar-refractivity contribution is -0.128. The molecule has 2 aliphatic heterocycles. The van der Waals surface area contributed by atoms with Crippen LogP contribution in [0.3, 0.4) is 0 Å². The van der Waals surface area contributed by atoms with Gasteiger partial charge < -0.3 is 20.1 Å². The molecule has 0 aliphatic carbocycles. The summed E-state index contributed by atoms with van der Waals surface area (Å²) in [6.45, 7) is 0.284. The number of hydrogen-bond acceptors (Lipinski definition) is 6. The Bertz CT molecular complexity index is 918. The van der Waals surface area contributed by atoms with Crippen LogP contribution in [0.1, 0.15) is 18.4 Å². The highest BCUT2D eigenvalue weighted by molar-refractivity contribution is 6.04. The van der Waals surface area contributed by atoms with Crippen LogP contribution in [0.5, 0.6) is 11.5 Å². The van der Waals surface area contributed by atoms with Crippen LogP contribution in [-0.4, -0.2) is 40.6 Å². The van der Waals surface area contributed by atoms with Crippen molar-refractivity contribution in [2.24, 2.45) is 0 Å². The molecule has 0 saturated carbocycles. The molecule has 2 aromatic rings. The van der Waals surface area contributed by atoms with Gasteiger partial charge in [-0.25, -0.2) is 4.79 Å². The third kappa shape index (κ3) is 3.73. The van der Waals surface area contributed by atoms with Crippen molar-refractivity contribution < 1.29 is 23.9 Å². The molecule has 1 aromatic carbocycles. The molecule has 9 nitrogen and oxygen atoms in total. The molecule has 144 valence electrons. The van der Waals surface area contributed by atoms with Crippen molar-refractivity contribution >= 4 is 23.5 Å². The van der Waals surface area contributed by atoms with Gasteiger partial charge in [0.2, 0.25) is 12.7 Å². The van der Waals surface area contributed by atoms with Crippen LogP contribution in [0, 0.1) is 0 Å². The number of anilines is 1. The van der Waals surface area contributed by atoms with E-state index in [0.29, 0.717) is 17.2 Å². The number of benzene rings is 1. The van der Waals surface area contributed by atoms with E-state index >= 15 is 0 Å². The van der Waals surface area contributed by atoms with Gasteiger partial charge in [-0.3, -0.25) is 19.5 Å². The Morgan fingerprint density at radius 3 is 2.79 bits per heavy atom.